The molecule has 0 aromatic heterocycles. The van der Waals surface area contributed by atoms with Crippen LogP contribution in [0.5, 0.6) is 0 Å². The molecule has 5 heteroatoms. The van der Waals surface area contributed by atoms with E-state index in [0.29, 0.717) is 23.8 Å². The largest absolute Gasteiger partial charge is 0.357 e. The first-order valence-electron chi connectivity index (χ1n) is 7.28. The van der Waals surface area contributed by atoms with Crippen molar-refractivity contribution >= 4 is 5.96 Å². The molecule has 0 atom stereocenters. The Balaban J connectivity index is 2.52. The number of halogens is 2. The molecule has 0 amide bonds. The third-order valence-electron chi connectivity index (χ3n) is 3.60. The van der Waals surface area contributed by atoms with Gasteiger partial charge in [-0.3, -0.25) is 4.99 Å². The second-order valence-corrected chi connectivity index (χ2v) is 5.92. The van der Waals surface area contributed by atoms with Crippen molar-refractivity contribution in [3.63, 3.8) is 0 Å². The molecular formula is C14H27F2N3. The summed E-state index contributed by atoms with van der Waals surface area (Å²) in [6.45, 7) is 7.47. The van der Waals surface area contributed by atoms with E-state index in [1.807, 2.05) is 6.92 Å². The predicted molar refractivity (Wildman–Crippen MR) is 75.7 cm³/mol. The molecular weight excluding hydrogens is 248 g/mol. The number of guanidine groups is 1. The Morgan fingerprint density at radius 1 is 1.26 bits per heavy atom. The summed E-state index contributed by atoms with van der Waals surface area (Å²) in [6, 6.07) is 0. The Hall–Kier alpha value is -0.870. The van der Waals surface area contributed by atoms with Crippen LogP contribution in [0.15, 0.2) is 4.99 Å². The van der Waals surface area contributed by atoms with Crippen molar-refractivity contribution in [2.24, 2.45) is 16.3 Å². The van der Waals surface area contributed by atoms with E-state index >= 15 is 0 Å². The summed E-state index contributed by atoms with van der Waals surface area (Å²) < 4.78 is 24.4. The molecule has 1 aliphatic rings. The molecule has 2 N–H and O–H groups in total. The summed E-state index contributed by atoms with van der Waals surface area (Å²) >= 11 is 0. The van der Waals surface area contributed by atoms with Crippen LogP contribution in [0.3, 0.4) is 0 Å². The van der Waals surface area contributed by atoms with Gasteiger partial charge in [-0.15, -0.1) is 0 Å². The Morgan fingerprint density at radius 2 is 1.95 bits per heavy atom. The van der Waals surface area contributed by atoms with Crippen LogP contribution < -0.4 is 10.6 Å². The van der Waals surface area contributed by atoms with Gasteiger partial charge in [-0.25, -0.2) is 8.78 Å². The van der Waals surface area contributed by atoms with Crippen LogP contribution in [-0.2, 0) is 0 Å². The van der Waals surface area contributed by atoms with Crippen LogP contribution in [0.2, 0.25) is 0 Å². The van der Waals surface area contributed by atoms with E-state index in [-0.39, 0.29) is 6.54 Å². The van der Waals surface area contributed by atoms with Crippen molar-refractivity contribution in [1.29, 1.82) is 0 Å². The molecule has 0 aliphatic heterocycles. The highest BCUT2D eigenvalue weighted by molar-refractivity contribution is 5.79. The fraction of sp³-hybridized carbons (Fsp3) is 0.929. The van der Waals surface area contributed by atoms with Crippen LogP contribution in [0.25, 0.3) is 0 Å². The van der Waals surface area contributed by atoms with Gasteiger partial charge in [-0.2, -0.15) is 0 Å². The molecule has 1 fully saturated rings. The number of aliphatic imine (C=N–C) groups is 1. The van der Waals surface area contributed by atoms with E-state index in [1.165, 1.54) is 25.7 Å². The van der Waals surface area contributed by atoms with Gasteiger partial charge in [0, 0.05) is 13.1 Å². The smallest absolute Gasteiger partial charge is 0.255 e. The maximum atomic E-state index is 12.2. The van der Waals surface area contributed by atoms with Crippen LogP contribution >= 0.6 is 0 Å². The first kappa shape index (κ1) is 16.2. The summed E-state index contributed by atoms with van der Waals surface area (Å²) in [5.41, 5.74) is 0.307. The summed E-state index contributed by atoms with van der Waals surface area (Å²) in [4.78, 5) is 4.49. The van der Waals surface area contributed by atoms with Crippen molar-refractivity contribution < 1.29 is 8.78 Å². The van der Waals surface area contributed by atoms with Gasteiger partial charge in [-0.05, 0) is 37.5 Å². The number of nitrogens with one attached hydrogen (secondary N) is 2. The number of alkyl halides is 2. The SMILES string of the molecule is CCNC(=NCC1(CC(C)C)CCC1)NCC(F)F. The Morgan fingerprint density at radius 3 is 2.37 bits per heavy atom. The molecule has 1 saturated carbocycles. The highest BCUT2D eigenvalue weighted by Gasteiger charge is 2.37. The highest BCUT2D eigenvalue weighted by Crippen LogP contribution is 2.46. The van der Waals surface area contributed by atoms with Crippen molar-refractivity contribution in [2.45, 2.75) is 52.9 Å². The first-order chi connectivity index (χ1) is 8.97. The molecule has 1 rings (SSSR count). The zero-order chi connectivity index (χ0) is 14.3. The zero-order valence-electron chi connectivity index (χ0n) is 12.3. The lowest BCUT2D eigenvalue weighted by atomic mass is 9.64. The molecule has 112 valence electrons. The standard InChI is InChI=1S/C14H27F2N3/c1-4-17-13(18-9-12(15)16)19-10-14(6-5-7-14)8-11(2)3/h11-12H,4-10H2,1-3H3,(H2,17,18,19). The molecule has 19 heavy (non-hydrogen) atoms. The molecule has 0 saturated heterocycles. The van der Waals surface area contributed by atoms with Gasteiger partial charge in [-0.1, -0.05) is 20.3 Å². The molecule has 0 aromatic rings. The molecule has 1 aliphatic carbocycles. The monoisotopic (exact) mass is 275 g/mol. The van der Waals surface area contributed by atoms with Gasteiger partial charge in [0.1, 0.15) is 0 Å². The number of hydrogen-bond donors (Lipinski definition) is 2. The van der Waals surface area contributed by atoms with Gasteiger partial charge in [0.2, 0.25) is 0 Å². The van der Waals surface area contributed by atoms with E-state index in [9.17, 15) is 8.78 Å². The Labute approximate surface area is 115 Å². The number of nitrogens with zero attached hydrogens (tertiary/aromatic N) is 1. The lowest BCUT2D eigenvalue weighted by Gasteiger charge is -2.42. The van der Waals surface area contributed by atoms with Gasteiger partial charge in [0.15, 0.2) is 5.96 Å². The molecule has 0 aromatic carbocycles. The fourth-order valence-corrected chi connectivity index (χ4v) is 2.73. The molecule has 0 unspecified atom stereocenters. The molecule has 3 nitrogen and oxygen atoms in total. The Bertz CT molecular complexity index is 286. The Kier molecular flexibility index (Phi) is 6.52. The lowest BCUT2D eigenvalue weighted by Crippen LogP contribution is -2.41. The van der Waals surface area contributed by atoms with Gasteiger partial charge in [0.05, 0.1) is 6.54 Å². The van der Waals surface area contributed by atoms with E-state index < -0.39 is 6.43 Å². The van der Waals surface area contributed by atoms with Crippen LogP contribution in [0, 0.1) is 11.3 Å². The van der Waals surface area contributed by atoms with Crippen LogP contribution in [0.4, 0.5) is 8.78 Å². The molecule has 0 radical (unpaired) electrons. The summed E-state index contributed by atoms with van der Waals surface area (Å²) in [7, 11) is 0. The minimum Gasteiger partial charge on any atom is -0.357 e. The fourth-order valence-electron chi connectivity index (χ4n) is 2.73. The van der Waals surface area contributed by atoms with E-state index in [0.717, 1.165) is 6.54 Å². The quantitative estimate of drug-likeness (QED) is 0.553. The molecule has 0 bridgehead atoms. The number of rotatable bonds is 7. The lowest BCUT2D eigenvalue weighted by molar-refractivity contribution is 0.111. The van der Waals surface area contributed by atoms with Gasteiger partial charge < -0.3 is 10.6 Å². The molecule has 0 spiro atoms. The third kappa shape index (κ3) is 5.74. The minimum atomic E-state index is -2.35. The minimum absolute atomic E-state index is 0.307. The maximum absolute atomic E-state index is 12.2. The van der Waals surface area contributed by atoms with Crippen molar-refractivity contribution in [3.05, 3.63) is 0 Å². The average Bonchev–Trinajstić information content (AvgIpc) is 2.28. The van der Waals surface area contributed by atoms with Crippen molar-refractivity contribution in [2.75, 3.05) is 19.6 Å². The molecule has 0 heterocycles. The van der Waals surface area contributed by atoms with Gasteiger partial charge >= 0.3 is 0 Å². The summed E-state index contributed by atoms with van der Waals surface area (Å²) in [6.07, 6.45) is 2.51. The first-order valence-corrected chi connectivity index (χ1v) is 7.28. The van der Waals surface area contributed by atoms with Crippen LogP contribution in [-0.4, -0.2) is 32.0 Å². The van der Waals surface area contributed by atoms with Crippen molar-refractivity contribution in [1.82, 2.24) is 10.6 Å². The topological polar surface area (TPSA) is 36.4 Å². The normalized spacial score (nSPS) is 18.6. The second-order valence-electron chi connectivity index (χ2n) is 5.92. The second kappa shape index (κ2) is 7.65. The average molecular weight is 275 g/mol. The number of hydrogen-bond acceptors (Lipinski definition) is 1. The maximum Gasteiger partial charge on any atom is 0.255 e. The van der Waals surface area contributed by atoms with Crippen LogP contribution in [0.1, 0.15) is 46.5 Å². The summed E-state index contributed by atoms with van der Waals surface area (Å²) in [5.74, 6) is 1.17. The van der Waals surface area contributed by atoms with Gasteiger partial charge in [0.25, 0.3) is 6.43 Å². The van der Waals surface area contributed by atoms with E-state index in [4.69, 9.17) is 0 Å². The summed E-state index contributed by atoms with van der Waals surface area (Å²) in [5, 5.41) is 5.70. The van der Waals surface area contributed by atoms with Crippen molar-refractivity contribution in [3.8, 4) is 0 Å². The predicted octanol–water partition coefficient (Wildman–Crippen LogP) is 3.02. The van der Waals surface area contributed by atoms with E-state index in [1.54, 1.807) is 0 Å². The third-order valence-corrected chi connectivity index (χ3v) is 3.60. The highest BCUT2D eigenvalue weighted by atomic mass is 19.3. The zero-order valence-corrected chi connectivity index (χ0v) is 12.3. The van der Waals surface area contributed by atoms with E-state index in [2.05, 4.69) is 29.5 Å².